The second-order valence-electron chi connectivity index (χ2n) is 4.85. The van der Waals surface area contributed by atoms with E-state index in [1.807, 2.05) is 0 Å². The Morgan fingerprint density at radius 1 is 1.35 bits per heavy atom. The van der Waals surface area contributed by atoms with Crippen LogP contribution in [0, 0.1) is 5.92 Å². The lowest BCUT2D eigenvalue weighted by Gasteiger charge is -2.17. The molecule has 1 heterocycles. The number of anilines is 1. The second-order valence-corrected chi connectivity index (χ2v) is 4.85. The Balaban J connectivity index is 2.06. The van der Waals surface area contributed by atoms with E-state index in [0.717, 1.165) is 5.69 Å². The van der Waals surface area contributed by atoms with E-state index in [2.05, 4.69) is 5.43 Å². The summed E-state index contributed by atoms with van der Waals surface area (Å²) in [6.07, 6.45) is 0.277. The zero-order chi connectivity index (χ0) is 14.7. The van der Waals surface area contributed by atoms with Gasteiger partial charge < -0.3 is 5.11 Å². The van der Waals surface area contributed by atoms with Gasteiger partial charge in [0, 0.05) is 24.4 Å². The van der Waals surface area contributed by atoms with Crippen LogP contribution in [0.4, 0.5) is 5.69 Å². The molecule has 2 N–H and O–H groups in total. The van der Waals surface area contributed by atoms with Crippen LogP contribution in [-0.4, -0.2) is 29.3 Å². The number of amides is 1. The van der Waals surface area contributed by atoms with Crippen molar-refractivity contribution in [2.24, 2.45) is 5.92 Å². The summed E-state index contributed by atoms with van der Waals surface area (Å²) in [7, 11) is 0. The molecule has 0 saturated carbocycles. The quantitative estimate of drug-likeness (QED) is 0.790. The van der Waals surface area contributed by atoms with Crippen LogP contribution in [0.15, 0.2) is 24.3 Å². The Morgan fingerprint density at radius 2 is 2.00 bits per heavy atom. The fourth-order valence-electron chi connectivity index (χ4n) is 2.11. The van der Waals surface area contributed by atoms with Crippen LogP contribution < -0.4 is 10.4 Å². The maximum absolute atomic E-state index is 12.0. The monoisotopic (exact) mass is 276 g/mol. The lowest BCUT2D eigenvalue weighted by atomic mass is 9.96. The van der Waals surface area contributed by atoms with Gasteiger partial charge >= 0.3 is 5.97 Å². The van der Waals surface area contributed by atoms with Gasteiger partial charge in [0.2, 0.25) is 5.91 Å². The molecule has 1 aliphatic heterocycles. The van der Waals surface area contributed by atoms with E-state index in [4.69, 9.17) is 5.11 Å². The lowest BCUT2D eigenvalue weighted by molar-refractivity contribution is -0.137. The highest BCUT2D eigenvalue weighted by Crippen LogP contribution is 2.19. The number of nitrogens with one attached hydrogen (secondary N) is 1. The number of hydrazine groups is 1. The average molecular weight is 276 g/mol. The molecule has 106 valence electrons. The summed E-state index contributed by atoms with van der Waals surface area (Å²) in [6.45, 7) is 2.20. The van der Waals surface area contributed by atoms with Crippen LogP contribution in [0.3, 0.4) is 0 Å². The summed E-state index contributed by atoms with van der Waals surface area (Å²) in [5, 5.41) is 10.4. The van der Waals surface area contributed by atoms with Crippen molar-refractivity contribution < 1.29 is 19.5 Å². The molecule has 1 saturated heterocycles. The van der Waals surface area contributed by atoms with Gasteiger partial charge in [-0.05, 0) is 24.3 Å². The van der Waals surface area contributed by atoms with Gasteiger partial charge in [-0.2, -0.15) is 0 Å². The molecule has 1 aromatic rings. The zero-order valence-corrected chi connectivity index (χ0v) is 11.1. The fourth-order valence-corrected chi connectivity index (χ4v) is 2.11. The molecule has 6 heteroatoms. The van der Waals surface area contributed by atoms with Crippen LogP contribution in [-0.2, 0) is 9.59 Å². The van der Waals surface area contributed by atoms with Gasteiger partial charge in [-0.1, -0.05) is 6.92 Å². The number of benzene rings is 1. The molecule has 0 aromatic heterocycles. The van der Waals surface area contributed by atoms with Gasteiger partial charge in [0.15, 0.2) is 5.78 Å². The normalized spacial score (nSPS) is 15.8. The highest BCUT2D eigenvalue weighted by molar-refractivity contribution is 5.99. The van der Waals surface area contributed by atoms with Gasteiger partial charge in [0.1, 0.15) is 0 Å². The van der Waals surface area contributed by atoms with E-state index in [0.29, 0.717) is 18.5 Å². The first-order chi connectivity index (χ1) is 9.47. The van der Waals surface area contributed by atoms with Crippen molar-refractivity contribution >= 4 is 23.3 Å². The van der Waals surface area contributed by atoms with E-state index in [1.165, 1.54) is 0 Å². The summed E-state index contributed by atoms with van der Waals surface area (Å²) in [6, 6.07) is 6.79. The Morgan fingerprint density at radius 3 is 2.50 bits per heavy atom. The van der Waals surface area contributed by atoms with Crippen LogP contribution >= 0.6 is 0 Å². The average Bonchev–Trinajstić information content (AvgIpc) is 2.84. The number of hydrogen-bond acceptors (Lipinski definition) is 4. The Bertz CT molecular complexity index is 539. The SMILES string of the molecule is CC(CC(=O)O)C(=O)c1ccc(N2CCC(=O)N2)cc1. The first kappa shape index (κ1) is 14.0. The number of carbonyl (C=O) groups excluding carboxylic acids is 2. The van der Waals surface area contributed by atoms with E-state index >= 15 is 0 Å². The number of ketones is 1. The number of carboxylic acids is 1. The zero-order valence-electron chi connectivity index (χ0n) is 11.1. The van der Waals surface area contributed by atoms with Gasteiger partial charge in [0.05, 0.1) is 12.1 Å². The van der Waals surface area contributed by atoms with E-state index in [-0.39, 0.29) is 18.1 Å². The molecule has 20 heavy (non-hydrogen) atoms. The highest BCUT2D eigenvalue weighted by Gasteiger charge is 2.20. The van der Waals surface area contributed by atoms with Crippen LogP contribution in [0.1, 0.15) is 30.1 Å². The molecule has 0 spiro atoms. The molecule has 1 fully saturated rings. The molecule has 1 atom stereocenters. The molecule has 0 aliphatic carbocycles. The van der Waals surface area contributed by atoms with Crippen molar-refractivity contribution in [2.45, 2.75) is 19.8 Å². The molecule has 1 unspecified atom stereocenters. The van der Waals surface area contributed by atoms with Crippen LogP contribution in [0.5, 0.6) is 0 Å². The first-order valence-electron chi connectivity index (χ1n) is 6.40. The number of hydrogen-bond donors (Lipinski definition) is 2. The minimum atomic E-state index is -0.984. The predicted octanol–water partition coefficient (Wildman–Crippen LogP) is 1.22. The van der Waals surface area contributed by atoms with Gasteiger partial charge in [-0.15, -0.1) is 0 Å². The minimum absolute atomic E-state index is 0.0276. The Kier molecular flexibility index (Phi) is 4.02. The summed E-state index contributed by atoms with van der Waals surface area (Å²) in [5.74, 6) is -1.75. The highest BCUT2D eigenvalue weighted by atomic mass is 16.4. The van der Waals surface area contributed by atoms with Crippen molar-refractivity contribution in [3.63, 3.8) is 0 Å². The summed E-state index contributed by atoms with van der Waals surface area (Å²) >= 11 is 0. The number of Topliss-reactive ketones (excluding diaryl/α,β-unsaturated/α-hetero) is 1. The predicted molar refractivity (Wildman–Crippen MR) is 72.3 cm³/mol. The third-order valence-electron chi connectivity index (χ3n) is 3.21. The van der Waals surface area contributed by atoms with E-state index in [1.54, 1.807) is 36.2 Å². The van der Waals surface area contributed by atoms with Crippen LogP contribution in [0.2, 0.25) is 0 Å². The Labute approximate surface area is 116 Å². The number of carbonyl (C=O) groups is 3. The topological polar surface area (TPSA) is 86.7 Å². The standard InChI is InChI=1S/C14H16N2O4/c1-9(8-13(18)19)14(20)10-2-4-11(5-3-10)16-7-6-12(17)15-16/h2-5,9H,6-8H2,1H3,(H,15,17)(H,18,19). The number of rotatable bonds is 5. The molecule has 1 amide bonds. The summed E-state index contributed by atoms with van der Waals surface area (Å²) in [5.41, 5.74) is 3.98. The number of nitrogens with zero attached hydrogens (tertiary/aromatic N) is 1. The summed E-state index contributed by atoms with van der Waals surface area (Å²) < 4.78 is 0. The van der Waals surface area contributed by atoms with Crippen molar-refractivity contribution in [2.75, 3.05) is 11.6 Å². The first-order valence-corrected chi connectivity index (χ1v) is 6.40. The van der Waals surface area contributed by atoms with Crippen molar-refractivity contribution in [1.82, 2.24) is 5.43 Å². The maximum atomic E-state index is 12.0. The Hall–Kier alpha value is -2.37. The van der Waals surface area contributed by atoms with Gasteiger partial charge in [0.25, 0.3) is 0 Å². The number of aliphatic carboxylic acids is 1. The molecular formula is C14H16N2O4. The smallest absolute Gasteiger partial charge is 0.304 e. The summed E-state index contributed by atoms with van der Waals surface area (Å²) in [4.78, 5) is 33.8. The molecule has 1 aromatic carbocycles. The maximum Gasteiger partial charge on any atom is 0.304 e. The molecule has 2 rings (SSSR count). The third-order valence-corrected chi connectivity index (χ3v) is 3.21. The van der Waals surface area contributed by atoms with Gasteiger partial charge in [-0.3, -0.25) is 24.8 Å². The van der Waals surface area contributed by atoms with Crippen molar-refractivity contribution in [1.29, 1.82) is 0 Å². The number of carboxylic acid groups (broad SMARTS) is 1. The van der Waals surface area contributed by atoms with Gasteiger partial charge in [-0.25, -0.2) is 0 Å². The molecule has 1 aliphatic rings. The lowest BCUT2D eigenvalue weighted by Crippen LogP contribution is -2.32. The molecule has 0 radical (unpaired) electrons. The largest absolute Gasteiger partial charge is 0.481 e. The van der Waals surface area contributed by atoms with Crippen molar-refractivity contribution in [3.05, 3.63) is 29.8 Å². The second kappa shape index (κ2) is 5.73. The van der Waals surface area contributed by atoms with E-state index in [9.17, 15) is 14.4 Å². The molecule has 0 bridgehead atoms. The van der Waals surface area contributed by atoms with E-state index < -0.39 is 11.9 Å². The molecular weight excluding hydrogens is 260 g/mol. The minimum Gasteiger partial charge on any atom is -0.481 e. The third kappa shape index (κ3) is 3.14. The van der Waals surface area contributed by atoms with Crippen LogP contribution in [0.25, 0.3) is 0 Å². The molecule has 6 nitrogen and oxygen atoms in total. The fraction of sp³-hybridized carbons (Fsp3) is 0.357. The van der Waals surface area contributed by atoms with Crippen molar-refractivity contribution in [3.8, 4) is 0 Å².